The second-order valence-corrected chi connectivity index (χ2v) is 5.36. The van der Waals surface area contributed by atoms with Crippen LogP contribution in [0, 0.1) is 11.7 Å². The second-order valence-electron chi connectivity index (χ2n) is 5.36. The first-order valence-corrected chi connectivity index (χ1v) is 7.03. The number of aliphatic carboxylic acids is 1. The largest absolute Gasteiger partial charge is 0.480 e. The summed E-state index contributed by atoms with van der Waals surface area (Å²) in [5.41, 5.74) is 0.728. The highest BCUT2D eigenvalue weighted by Gasteiger charge is 2.20. The first kappa shape index (κ1) is 14.9. The molecule has 0 amide bonds. The number of carbonyl (C=O) groups is 1. The van der Waals surface area contributed by atoms with Crippen molar-refractivity contribution in [2.24, 2.45) is 5.92 Å². The third-order valence-corrected chi connectivity index (χ3v) is 3.66. The minimum Gasteiger partial charge on any atom is -0.480 e. The monoisotopic (exact) mass is 280 g/mol. The van der Waals surface area contributed by atoms with Crippen LogP contribution < -0.4 is 5.32 Å². The number of piperidine rings is 1. The van der Waals surface area contributed by atoms with Gasteiger partial charge in [0.25, 0.3) is 0 Å². The van der Waals surface area contributed by atoms with E-state index < -0.39 is 5.97 Å². The van der Waals surface area contributed by atoms with E-state index in [1.807, 2.05) is 12.1 Å². The SMILES string of the molecule is O=C(O)CNCC1CCCN(Cc2ccccc2F)C1. The van der Waals surface area contributed by atoms with Gasteiger partial charge in [0.2, 0.25) is 0 Å². The average Bonchev–Trinajstić information content (AvgIpc) is 2.41. The summed E-state index contributed by atoms with van der Waals surface area (Å²) in [5, 5.41) is 11.6. The molecule has 1 atom stereocenters. The zero-order valence-electron chi connectivity index (χ0n) is 11.5. The van der Waals surface area contributed by atoms with Crippen molar-refractivity contribution in [2.45, 2.75) is 19.4 Å². The predicted molar refractivity (Wildman–Crippen MR) is 74.9 cm³/mol. The number of carboxylic acids is 1. The number of likely N-dealkylation sites (tertiary alicyclic amines) is 1. The van der Waals surface area contributed by atoms with Gasteiger partial charge < -0.3 is 10.4 Å². The molecule has 1 fully saturated rings. The number of carboxylic acid groups (broad SMARTS) is 1. The number of halogens is 1. The van der Waals surface area contributed by atoms with E-state index in [0.717, 1.165) is 31.5 Å². The summed E-state index contributed by atoms with van der Waals surface area (Å²) in [6.07, 6.45) is 2.17. The Labute approximate surface area is 118 Å². The molecule has 0 saturated carbocycles. The van der Waals surface area contributed by atoms with Gasteiger partial charge in [-0.05, 0) is 37.9 Å². The lowest BCUT2D eigenvalue weighted by atomic mass is 9.97. The summed E-state index contributed by atoms with van der Waals surface area (Å²) >= 11 is 0. The Bertz CT molecular complexity index is 453. The molecular formula is C15H21FN2O2. The van der Waals surface area contributed by atoms with Crippen molar-refractivity contribution in [3.05, 3.63) is 35.6 Å². The molecule has 1 aromatic carbocycles. The number of rotatable bonds is 6. The topological polar surface area (TPSA) is 52.6 Å². The Morgan fingerprint density at radius 2 is 2.25 bits per heavy atom. The summed E-state index contributed by atoms with van der Waals surface area (Å²) in [7, 11) is 0. The van der Waals surface area contributed by atoms with Crippen LogP contribution in [0.3, 0.4) is 0 Å². The molecular weight excluding hydrogens is 259 g/mol. The Hall–Kier alpha value is -1.46. The molecule has 110 valence electrons. The summed E-state index contributed by atoms with van der Waals surface area (Å²) in [5.74, 6) is -0.544. The number of benzene rings is 1. The summed E-state index contributed by atoms with van der Waals surface area (Å²) in [6.45, 7) is 3.21. The van der Waals surface area contributed by atoms with Crippen LogP contribution in [-0.4, -0.2) is 42.2 Å². The van der Waals surface area contributed by atoms with Crippen molar-refractivity contribution in [2.75, 3.05) is 26.2 Å². The van der Waals surface area contributed by atoms with Crippen molar-refractivity contribution in [3.63, 3.8) is 0 Å². The van der Waals surface area contributed by atoms with Crippen LogP contribution in [0.4, 0.5) is 4.39 Å². The van der Waals surface area contributed by atoms with Crippen molar-refractivity contribution in [1.82, 2.24) is 10.2 Å². The van der Waals surface area contributed by atoms with Crippen LogP contribution in [0.25, 0.3) is 0 Å². The summed E-state index contributed by atoms with van der Waals surface area (Å²) in [6, 6.07) is 6.87. The van der Waals surface area contributed by atoms with Crippen LogP contribution in [0.1, 0.15) is 18.4 Å². The number of nitrogens with zero attached hydrogens (tertiary/aromatic N) is 1. The normalized spacial score (nSPS) is 19.9. The lowest BCUT2D eigenvalue weighted by molar-refractivity contribution is -0.136. The fraction of sp³-hybridized carbons (Fsp3) is 0.533. The third kappa shape index (κ3) is 4.58. The minimum atomic E-state index is -0.830. The molecule has 20 heavy (non-hydrogen) atoms. The molecule has 5 heteroatoms. The smallest absolute Gasteiger partial charge is 0.317 e. The van der Waals surface area contributed by atoms with Crippen LogP contribution in [0.2, 0.25) is 0 Å². The first-order chi connectivity index (χ1) is 9.65. The predicted octanol–water partition coefficient (Wildman–Crippen LogP) is 1.71. The van der Waals surface area contributed by atoms with Crippen molar-refractivity contribution in [1.29, 1.82) is 0 Å². The summed E-state index contributed by atoms with van der Waals surface area (Å²) < 4.78 is 13.6. The Kier molecular flexibility index (Phi) is 5.49. The molecule has 1 aliphatic rings. The van der Waals surface area contributed by atoms with E-state index in [4.69, 9.17) is 5.11 Å². The highest BCUT2D eigenvalue weighted by atomic mass is 19.1. The van der Waals surface area contributed by atoms with Gasteiger partial charge >= 0.3 is 5.97 Å². The lowest BCUT2D eigenvalue weighted by Gasteiger charge is -2.32. The molecule has 0 aromatic heterocycles. The zero-order chi connectivity index (χ0) is 14.4. The molecule has 0 spiro atoms. The van der Waals surface area contributed by atoms with E-state index in [0.29, 0.717) is 19.0 Å². The van der Waals surface area contributed by atoms with Crippen LogP contribution in [0.5, 0.6) is 0 Å². The second kappa shape index (κ2) is 7.36. The molecule has 1 heterocycles. The van der Waals surface area contributed by atoms with Gasteiger partial charge in [0, 0.05) is 18.7 Å². The molecule has 1 aromatic rings. The van der Waals surface area contributed by atoms with Gasteiger partial charge in [0.15, 0.2) is 0 Å². The maximum atomic E-state index is 13.6. The van der Waals surface area contributed by atoms with Gasteiger partial charge in [-0.3, -0.25) is 9.69 Å². The van der Waals surface area contributed by atoms with Crippen LogP contribution in [0.15, 0.2) is 24.3 Å². The van der Waals surface area contributed by atoms with E-state index >= 15 is 0 Å². The maximum absolute atomic E-state index is 13.6. The van der Waals surface area contributed by atoms with Crippen molar-refractivity contribution < 1.29 is 14.3 Å². The molecule has 2 rings (SSSR count). The molecule has 0 aliphatic carbocycles. The number of hydrogen-bond acceptors (Lipinski definition) is 3. The van der Waals surface area contributed by atoms with E-state index in [1.165, 1.54) is 6.07 Å². The molecule has 0 bridgehead atoms. The van der Waals surface area contributed by atoms with Gasteiger partial charge in [-0.2, -0.15) is 0 Å². The highest BCUT2D eigenvalue weighted by molar-refractivity contribution is 5.68. The average molecular weight is 280 g/mol. The lowest BCUT2D eigenvalue weighted by Crippen LogP contribution is -2.40. The first-order valence-electron chi connectivity index (χ1n) is 7.03. The van der Waals surface area contributed by atoms with Crippen LogP contribution in [-0.2, 0) is 11.3 Å². The third-order valence-electron chi connectivity index (χ3n) is 3.66. The molecule has 2 N–H and O–H groups in total. The van der Waals surface area contributed by atoms with E-state index in [1.54, 1.807) is 6.07 Å². The van der Waals surface area contributed by atoms with Gasteiger partial charge in [-0.15, -0.1) is 0 Å². The number of nitrogens with one attached hydrogen (secondary N) is 1. The van der Waals surface area contributed by atoms with Crippen LogP contribution >= 0.6 is 0 Å². The summed E-state index contributed by atoms with van der Waals surface area (Å²) in [4.78, 5) is 12.7. The fourth-order valence-electron chi connectivity index (χ4n) is 2.71. The maximum Gasteiger partial charge on any atom is 0.317 e. The van der Waals surface area contributed by atoms with E-state index in [-0.39, 0.29) is 12.4 Å². The van der Waals surface area contributed by atoms with Crippen molar-refractivity contribution >= 4 is 5.97 Å². The molecule has 4 nitrogen and oxygen atoms in total. The Morgan fingerprint density at radius 1 is 1.45 bits per heavy atom. The van der Waals surface area contributed by atoms with Gasteiger partial charge in [-0.1, -0.05) is 18.2 Å². The Balaban J connectivity index is 1.81. The van der Waals surface area contributed by atoms with Gasteiger partial charge in [0.1, 0.15) is 5.82 Å². The molecule has 0 radical (unpaired) electrons. The Morgan fingerprint density at radius 3 is 3.00 bits per heavy atom. The molecule has 1 aliphatic heterocycles. The van der Waals surface area contributed by atoms with Gasteiger partial charge in [-0.25, -0.2) is 4.39 Å². The fourth-order valence-corrected chi connectivity index (χ4v) is 2.71. The van der Waals surface area contributed by atoms with E-state index in [2.05, 4.69) is 10.2 Å². The standard InChI is InChI=1S/C15H21FN2O2/c16-14-6-2-1-5-13(14)11-18-7-3-4-12(10-18)8-17-9-15(19)20/h1-2,5-6,12,17H,3-4,7-11H2,(H,19,20). The van der Waals surface area contributed by atoms with Gasteiger partial charge in [0.05, 0.1) is 6.54 Å². The quantitative estimate of drug-likeness (QED) is 0.833. The van der Waals surface area contributed by atoms with E-state index in [9.17, 15) is 9.18 Å². The molecule has 1 saturated heterocycles. The molecule has 1 unspecified atom stereocenters. The minimum absolute atomic E-state index is 0.00378. The number of hydrogen-bond donors (Lipinski definition) is 2. The van der Waals surface area contributed by atoms with Crippen molar-refractivity contribution in [3.8, 4) is 0 Å². The zero-order valence-corrected chi connectivity index (χ0v) is 11.5. The highest BCUT2D eigenvalue weighted by Crippen LogP contribution is 2.19.